The highest BCUT2D eigenvalue weighted by Crippen LogP contribution is 2.32. The number of ether oxygens (including phenoxy) is 2. The van der Waals surface area contributed by atoms with E-state index in [0.717, 1.165) is 17.1 Å². The molecule has 1 aliphatic heterocycles. The Hall–Kier alpha value is -3.32. The lowest BCUT2D eigenvalue weighted by Gasteiger charge is -2.10. The lowest BCUT2D eigenvalue weighted by atomic mass is 10.2. The summed E-state index contributed by atoms with van der Waals surface area (Å²) >= 11 is 5.96. The molecule has 0 aliphatic carbocycles. The number of fused-ring (bicyclic) bond motifs is 1. The Bertz CT molecular complexity index is 1040. The van der Waals surface area contributed by atoms with Crippen LogP contribution in [-0.2, 0) is 6.54 Å². The molecule has 8 heteroatoms. The van der Waals surface area contributed by atoms with Crippen LogP contribution in [0.1, 0.15) is 21.9 Å². The smallest absolute Gasteiger partial charge is 0.274 e. The Kier molecular flexibility index (Phi) is 4.99. The SMILES string of the molecule is Cc1nc(NCc2ccc3c(c2)OCO3)cc(C(=O)Nc2cccc(Cl)c2)n1. The highest BCUT2D eigenvalue weighted by molar-refractivity contribution is 6.30. The van der Waals surface area contributed by atoms with Gasteiger partial charge in [-0.2, -0.15) is 0 Å². The van der Waals surface area contributed by atoms with Crippen LogP contribution in [0, 0.1) is 6.92 Å². The highest BCUT2D eigenvalue weighted by atomic mass is 35.5. The zero-order valence-corrected chi connectivity index (χ0v) is 15.8. The summed E-state index contributed by atoms with van der Waals surface area (Å²) in [5.41, 5.74) is 1.87. The van der Waals surface area contributed by atoms with Crippen molar-refractivity contribution in [1.82, 2.24) is 9.97 Å². The quantitative estimate of drug-likeness (QED) is 0.677. The molecule has 0 spiro atoms. The van der Waals surface area contributed by atoms with Crippen molar-refractivity contribution < 1.29 is 14.3 Å². The van der Waals surface area contributed by atoms with Gasteiger partial charge in [0.15, 0.2) is 11.5 Å². The number of anilines is 2. The number of aromatic nitrogens is 2. The first kappa shape index (κ1) is 18.1. The summed E-state index contributed by atoms with van der Waals surface area (Å²) in [4.78, 5) is 21.1. The molecule has 142 valence electrons. The number of hydrogen-bond donors (Lipinski definition) is 2. The van der Waals surface area contributed by atoms with Gasteiger partial charge in [-0.3, -0.25) is 4.79 Å². The summed E-state index contributed by atoms with van der Waals surface area (Å²) in [5, 5.41) is 6.54. The predicted octanol–water partition coefficient (Wildman–Crippen LogP) is 4.03. The minimum atomic E-state index is -0.334. The van der Waals surface area contributed by atoms with E-state index in [1.54, 1.807) is 37.3 Å². The first-order valence-electron chi connectivity index (χ1n) is 8.62. The standard InChI is InChI=1S/C20H17ClN4O3/c1-12-23-16(20(26)25-15-4-2-3-14(21)8-15)9-19(24-12)22-10-13-5-6-17-18(7-13)28-11-27-17/h2-9H,10-11H2,1H3,(H,25,26)(H,22,23,24). The topological polar surface area (TPSA) is 85.4 Å². The van der Waals surface area contributed by atoms with Gasteiger partial charge < -0.3 is 20.1 Å². The number of carbonyl (C=O) groups excluding carboxylic acids is 1. The van der Waals surface area contributed by atoms with Crippen molar-refractivity contribution in [3.05, 3.63) is 70.6 Å². The third kappa shape index (κ3) is 4.15. The maximum absolute atomic E-state index is 12.5. The molecule has 0 bridgehead atoms. The van der Waals surface area contributed by atoms with Gasteiger partial charge in [0.2, 0.25) is 6.79 Å². The fourth-order valence-electron chi connectivity index (χ4n) is 2.78. The van der Waals surface area contributed by atoms with Crippen LogP contribution in [0.4, 0.5) is 11.5 Å². The lowest BCUT2D eigenvalue weighted by Crippen LogP contribution is -2.15. The van der Waals surface area contributed by atoms with Gasteiger partial charge in [-0.1, -0.05) is 23.7 Å². The molecular weight excluding hydrogens is 380 g/mol. The number of carbonyl (C=O) groups is 1. The fourth-order valence-corrected chi connectivity index (χ4v) is 2.97. The van der Waals surface area contributed by atoms with Crippen molar-refractivity contribution in [1.29, 1.82) is 0 Å². The second kappa shape index (κ2) is 7.74. The molecule has 0 saturated carbocycles. The second-order valence-corrected chi connectivity index (χ2v) is 6.63. The van der Waals surface area contributed by atoms with E-state index in [1.807, 2.05) is 18.2 Å². The van der Waals surface area contributed by atoms with Gasteiger partial charge >= 0.3 is 0 Å². The molecule has 0 atom stereocenters. The molecule has 2 heterocycles. The van der Waals surface area contributed by atoms with E-state index in [0.29, 0.717) is 28.9 Å². The van der Waals surface area contributed by atoms with E-state index in [1.165, 1.54) is 0 Å². The summed E-state index contributed by atoms with van der Waals surface area (Å²) in [5.74, 6) is 2.17. The summed E-state index contributed by atoms with van der Waals surface area (Å²) in [6, 6.07) is 14.3. The number of hydrogen-bond acceptors (Lipinski definition) is 6. The molecule has 7 nitrogen and oxygen atoms in total. The van der Waals surface area contributed by atoms with Crippen molar-refractivity contribution >= 4 is 29.0 Å². The maximum atomic E-state index is 12.5. The molecule has 0 radical (unpaired) electrons. The van der Waals surface area contributed by atoms with Gasteiger partial charge in [0, 0.05) is 23.3 Å². The van der Waals surface area contributed by atoms with E-state index >= 15 is 0 Å². The number of benzene rings is 2. The minimum absolute atomic E-state index is 0.239. The molecule has 2 aromatic carbocycles. The third-order valence-corrected chi connectivity index (χ3v) is 4.30. The third-order valence-electron chi connectivity index (χ3n) is 4.06. The second-order valence-electron chi connectivity index (χ2n) is 6.19. The van der Waals surface area contributed by atoms with Crippen LogP contribution in [0.3, 0.4) is 0 Å². The number of aryl methyl sites for hydroxylation is 1. The minimum Gasteiger partial charge on any atom is -0.454 e. The van der Waals surface area contributed by atoms with Crippen LogP contribution in [-0.4, -0.2) is 22.7 Å². The van der Waals surface area contributed by atoms with E-state index < -0.39 is 0 Å². The molecule has 3 aromatic rings. The van der Waals surface area contributed by atoms with Gasteiger partial charge in [-0.25, -0.2) is 9.97 Å². The molecule has 1 aromatic heterocycles. The van der Waals surface area contributed by atoms with Crippen molar-refractivity contribution in [2.45, 2.75) is 13.5 Å². The van der Waals surface area contributed by atoms with Gasteiger partial charge in [-0.05, 0) is 42.8 Å². The first-order chi connectivity index (χ1) is 13.6. The number of nitrogens with one attached hydrogen (secondary N) is 2. The number of rotatable bonds is 5. The molecule has 2 N–H and O–H groups in total. The predicted molar refractivity (Wildman–Crippen MR) is 106 cm³/mol. The molecule has 0 saturated heterocycles. The number of amides is 1. The van der Waals surface area contributed by atoms with Gasteiger partial charge in [0.05, 0.1) is 0 Å². The largest absolute Gasteiger partial charge is 0.454 e. The van der Waals surface area contributed by atoms with E-state index in [-0.39, 0.29) is 18.4 Å². The van der Waals surface area contributed by atoms with Gasteiger partial charge in [-0.15, -0.1) is 0 Å². The van der Waals surface area contributed by atoms with Crippen molar-refractivity contribution in [2.75, 3.05) is 17.4 Å². The Morgan fingerprint density at radius 3 is 2.82 bits per heavy atom. The van der Waals surface area contributed by atoms with Crippen LogP contribution in [0.25, 0.3) is 0 Å². The Balaban J connectivity index is 1.46. The van der Waals surface area contributed by atoms with Crippen LogP contribution in [0.2, 0.25) is 5.02 Å². The Morgan fingerprint density at radius 2 is 1.96 bits per heavy atom. The summed E-state index contributed by atoms with van der Waals surface area (Å²) in [6.07, 6.45) is 0. The average molecular weight is 397 g/mol. The lowest BCUT2D eigenvalue weighted by molar-refractivity contribution is 0.102. The molecule has 0 unspecified atom stereocenters. The van der Waals surface area contributed by atoms with E-state index in [4.69, 9.17) is 21.1 Å². The molecule has 28 heavy (non-hydrogen) atoms. The van der Waals surface area contributed by atoms with Gasteiger partial charge in [0.1, 0.15) is 17.3 Å². The Labute approximate surface area is 166 Å². The van der Waals surface area contributed by atoms with Crippen molar-refractivity contribution in [3.63, 3.8) is 0 Å². The molecule has 1 amide bonds. The maximum Gasteiger partial charge on any atom is 0.274 e. The van der Waals surface area contributed by atoms with E-state index in [2.05, 4.69) is 20.6 Å². The molecular formula is C20H17ClN4O3. The zero-order chi connectivity index (χ0) is 19.5. The van der Waals surface area contributed by atoms with Crippen LogP contribution >= 0.6 is 11.6 Å². The fraction of sp³-hybridized carbons (Fsp3) is 0.150. The molecule has 0 fully saturated rings. The summed E-state index contributed by atoms with van der Waals surface area (Å²) < 4.78 is 10.7. The highest BCUT2D eigenvalue weighted by Gasteiger charge is 2.14. The number of nitrogens with zero attached hydrogens (tertiary/aromatic N) is 2. The van der Waals surface area contributed by atoms with Crippen LogP contribution in [0.15, 0.2) is 48.5 Å². The summed E-state index contributed by atoms with van der Waals surface area (Å²) in [6.45, 7) is 2.49. The van der Waals surface area contributed by atoms with Crippen LogP contribution < -0.4 is 20.1 Å². The van der Waals surface area contributed by atoms with Crippen LogP contribution in [0.5, 0.6) is 11.5 Å². The van der Waals surface area contributed by atoms with Gasteiger partial charge in [0.25, 0.3) is 5.91 Å². The van der Waals surface area contributed by atoms with E-state index in [9.17, 15) is 4.79 Å². The molecule has 1 aliphatic rings. The Morgan fingerprint density at radius 1 is 1.11 bits per heavy atom. The molecule has 4 rings (SSSR count). The van der Waals surface area contributed by atoms with Crippen molar-refractivity contribution in [3.8, 4) is 11.5 Å². The first-order valence-corrected chi connectivity index (χ1v) is 8.99. The average Bonchev–Trinajstić information content (AvgIpc) is 3.14. The number of halogens is 1. The monoisotopic (exact) mass is 396 g/mol. The van der Waals surface area contributed by atoms with Crippen molar-refractivity contribution in [2.24, 2.45) is 0 Å². The normalized spacial score (nSPS) is 11.9. The zero-order valence-electron chi connectivity index (χ0n) is 15.0. The summed E-state index contributed by atoms with van der Waals surface area (Å²) in [7, 11) is 0.